The number of hydrogen-bond donors (Lipinski definition) is 1. The van der Waals surface area contributed by atoms with E-state index < -0.39 is 0 Å². The summed E-state index contributed by atoms with van der Waals surface area (Å²) in [5.74, 6) is -0.118. The predicted octanol–water partition coefficient (Wildman–Crippen LogP) is 4.56. The Balaban J connectivity index is 1.96. The molecule has 0 fully saturated rings. The first-order valence-corrected chi connectivity index (χ1v) is 7.67. The summed E-state index contributed by atoms with van der Waals surface area (Å²) in [6.07, 6.45) is 0. The van der Waals surface area contributed by atoms with Crippen LogP contribution in [0.4, 0.5) is 5.82 Å². The second kappa shape index (κ2) is 5.60. The Bertz CT molecular complexity index is 847. The molecule has 7 heteroatoms. The number of carbonyl (C=O) groups excluding carboxylic acids is 1. The molecule has 21 heavy (non-hydrogen) atoms. The Labute approximate surface area is 134 Å². The van der Waals surface area contributed by atoms with Gasteiger partial charge in [0.2, 0.25) is 0 Å². The van der Waals surface area contributed by atoms with Crippen molar-refractivity contribution >= 4 is 57.3 Å². The van der Waals surface area contributed by atoms with Crippen molar-refractivity contribution in [2.24, 2.45) is 0 Å². The third-order valence-electron chi connectivity index (χ3n) is 2.87. The summed E-state index contributed by atoms with van der Waals surface area (Å²) in [6, 6.07) is 7.30. The number of aryl methyl sites for hydroxylation is 1. The maximum atomic E-state index is 12.2. The van der Waals surface area contributed by atoms with E-state index in [2.05, 4.69) is 15.3 Å². The molecule has 2 heterocycles. The lowest BCUT2D eigenvalue weighted by molar-refractivity contribution is 0.103. The zero-order valence-corrected chi connectivity index (χ0v) is 13.2. The largest absolute Gasteiger partial charge is 0.303 e. The molecule has 4 nitrogen and oxygen atoms in total. The zero-order valence-electron chi connectivity index (χ0n) is 10.9. The minimum Gasteiger partial charge on any atom is -0.303 e. The molecular weight excluding hydrogens is 329 g/mol. The minimum absolute atomic E-state index is 0.145. The van der Waals surface area contributed by atoms with Crippen LogP contribution in [-0.4, -0.2) is 15.9 Å². The van der Waals surface area contributed by atoms with Crippen LogP contribution >= 0.6 is 34.5 Å². The van der Waals surface area contributed by atoms with E-state index in [0.29, 0.717) is 20.9 Å². The van der Waals surface area contributed by atoms with Gasteiger partial charge in [0.1, 0.15) is 4.88 Å². The predicted molar refractivity (Wildman–Crippen MR) is 86.6 cm³/mol. The van der Waals surface area contributed by atoms with Gasteiger partial charge in [0, 0.05) is 0 Å². The fraction of sp³-hybridized carbons (Fsp3) is 0.0714. The fourth-order valence-corrected chi connectivity index (χ4v) is 3.16. The number of halogens is 2. The van der Waals surface area contributed by atoms with Gasteiger partial charge in [0.05, 0.1) is 16.1 Å². The molecule has 0 saturated carbocycles. The number of thiophene rings is 1. The van der Waals surface area contributed by atoms with E-state index in [1.165, 1.54) is 11.3 Å². The molecule has 0 bridgehead atoms. The average Bonchev–Trinajstić information content (AvgIpc) is 2.80. The van der Waals surface area contributed by atoms with Crippen LogP contribution in [-0.2, 0) is 0 Å². The summed E-state index contributed by atoms with van der Waals surface area (Å²) < 4.78 is 0. The molecule has 1 amide bonds. The van der Waals surface area contributed by atoms with Crippen molar-refractivity contribution in [1.82, 2.24) is 9.97 Å². The summed E-state index contributed by atoms with van der Waals surface area (Å²) >= 11 is 13.4. The Morgan fingerprint density at radius 2 is 1.86 bits per heavy atom. The maximum Gasteiger partial charge on any atom is 0.268 e. The molecule has 2 aromatic heterocycles. The number of nitrogens with one attached hydrogen (secondary N) is 1. The maximum absolute atomic E-state index is 12.2. The number of aromatic nitrogens is 2. The highest BCUT2D eigenvalue weighted by molar-refractivity contribution is 7.13. The Hall–Kier alpha value is -1.69. The van der Waals surface area contributed by atoms with Crippen LogP contribution in [0.1, 0.15) is 15.2 Å². The van der Waals surface area contributed by atoms with E-state index >= 15 is 0 Å². The van der Waals surface area contributed by atoms with Gasteiger partial charge in [-0.2, -0.15) is 0 Å². The van der Waals surface area contributed by atoms with Crippen LogP contribution in [0.2, 0.25) is 10.2 Å². The van der Waals surface area contributed by atoms with Crippen molar-refractivity contribution in [2.45, 2.75) is 6.92 Å². The molecule has 3 aromatic rings. The Morgan fingerprint density at radius 1 is 1.19 bits per heavy atom. The third-order valence-corrected chi connectivity index (χ3v) is 4.82. The molecule has 3 rings (SSSR count). The second-order valence-corrected chi connectivity index (χ2v) is 5.98. The first kappa shape index (κ1) is 14.3. The van der Waals surface area contributed by atoms with Gasteiger partial charge in [-0.05, 0) is 30.0 Å². The first-order chi connectivity index (χ1) is 10.1. The van der Waals surface area contributed by atoms with Crippen molar-refractivity contribution in [3.63, 3.8) is 0 Å². The zero-order chi connectivity index (χ0) is 15.0. The topological polar surface area (TPSA) is 54.9 Å². The van der Waals surface area contributed by atoms with E-state index in [0.717, 1.165) is 5.56 Å². The molecule has 0 aliphatic rings. The number of para-hydroxylation sites is 2. The lowest BCUT2D eigenvalue weighted by atomic mass is 10.3. The fourth-order valence-electron chi connectivity index (χ4n) is 1.81. The Kier molecular flexibility index (Phi) is 3.80. The summed E-state index contributed by atoms with van der Waals surface area (Å²) in [5.41, 5.74) is 2.19. The van der Waals surface area contributed by atoms with Crippen LogP contribution in [0.25, 0.3) is 11.0 Å². The standard InChI is InChI=1S/C14H9Cl2N3OS/c1-7-6-21-11(10(7)15)14(20)19-13-12(16)17-8-4-2-3-5-9(8)18-13/h2-6H,1H3,(H,18,19,20). The van der Waals surface area contributed by atoms with Gasteiger partial charge in [0.25, 0.3) is 5.91 Å². The van der Waals surface area contributed by atoms with E-state index in [1.54, 1.807) is 12.1 Å². The molecule has 1 aromatic carbocycles. The SMILES string of the molecule is Cc1csc(C(=O)Nc2nc3ccccc3nc2Cl)c1Cl. The van der Waals surface area contributed by atoms with Crippen LogP contribution in [0.15, 0.2) is 29.6 Å². The quantitative estimate of drug-likeness (QED) is 0.745. The first-order valence-electron chi connectivity index (χ1n) is 6.03. The van der Waals surface area contributed by atoms with Crippen LogP contribution in [0.5, 0.6) is 0 Å². The normalized spacial score (nSPS) is 10.8. The summed E-state index contributed by atoms with van der Waals surface area (Å²) in [5, 5.41) is 5.07. The summed E-state index contributed by atoms with van der Waals surface area (Å²) in [7, 11) is 0. The molecule has 106 valence electrons. The lowest BCUT2D eigenvalue weighted by Crippen LogP contribution is -2.13. The van der Waals surface area contributed by atoms with E-state index in [1.807, 2.05) is 24.4 Å². The van der Waals surface area contributed by atoms with Crippen molar-refractivity contribution in [1.29, 1.82) is 0 Å². The smallest absolute Gasteiger partial charge is 0.268 e. The van der Waals surface area contributed by atoms with Gasteiger partial charge in [-0.25, -0.2) is 9.97 Å². The van der Waals surface area contributed by atoms with Gasteiger partial charge in [-0.3, -0.25) is 4.79 Å². The molecule has 0 atom stereocenters. The summed E-state index contributed by atoms with van der Waals surface area (Å²) in [6.45, 7) is 1.85. The van der Waals surface area contributed by atoms with E-state index in [9.17, 15) is 4.79 Å². The molecule has 0 spiro atoms. The van der Waals surface area contributed by atoms with Crippen LogP contribution < -0.4 is 5.32 Å². The molecule has 1 N–H and O–H groups in total. The van der Waals surface area contributed by atoms with Crippen LogP contribution in [0.3, 0.4) is 0 Å². The van der Waals surface area contributed by atoms with Gasteiger partial charge in [0.15, 0.2) is 11.0 Å². The van der Waals surface area contributed by atoms with Gasteiger partial charge in [-0.15, -0.1) is 11.3 Å². The van der Waals surface area contributed by atoms with E-state index in [4.69, 9.17) is 23.2 Å². The molecule has 0 aliphatic carbocycles. The highest BCUT2D eigenvalue weighted by Gasteiger charge is 2.17. The average molecular weight is 338 g/mol. The molecule has 0 saturated heterocycles. The van der Waals surface area contributed by atoms with Crippen LogP contribution in [0, 0.1) is 6.92 Å². The number of rotatable bonds is 2. The molecular formula is C14H9Cl2N3OS. The lowest BCUT2D eigenvalue weighted by Gasteiger charge is -2.06. The van der Waals surface area contributed by atoms with Gasteiger partial charge >= 0.3 is 0 Å². The number of benzene rings is 1. The molecule has 0 radical (unpaired) electrons. The Morgan fingerprint density at radius 3 is 2.48 bits per heavy atom. The van der Waals surface area contributed by atoms with Crippen molar-refractivity contribution < 1.29 is 4.79 Å². The van der Waals surface area contributed by atoms with Crippen molar-refractivity contribution in [3.8, 4) is 0 Å². The number of carbonyl (C=O) groups is 1. The van der Waals surface area contributed by atoms with Gasteiger partial charge in [-0.1, -0.05) is 35.3 Å². The number of hydrogen-bond acceptors (Lipinski definition) is 4. The number of amides is 1. The minimum atomic E-state index is -0.343. The number of fused-ring (bicyclic) bond motifs is 1. The number of nitrogens with zero attached hydrogens (tertiary/aromatic N) is 2. The monoisotopic (exact) mass is 337 g/mol. The third kappa shape index (κ3) is 2.72. The van der Waals surface area contributed by atoms with Gasteiger partial charge < -0.3 is 5.32 Å². The van der Waals surface area contributed by atoms with Crippen molar-refractivity contribution in [2.75, 3.05) is 5.32 Å². The van der Waals surface area contributed by atoms with E-state index in [-0.39, 0.29) is 16.9 Å². The highest BCUT2D eigenvalue weighted by Crippen LogP contribution is 2.29. The second-order valence-electron chi connectivity index (χ2n) is 4.37. The van der Waals surface area contributed by atoms with Crippen molar-refractivity contribution in [3.05, 3.63) is 50.3 Å². The summed E-state index contributed by atoms with van der Waals surface area (Å²) in [4.78, 5) is 21.2. The number of anilines is 1. The highest BCUT2D eigenvalue weighted by atomic mass is 35.5. The molecule has 0 unspecified atom stereocenters. The molecule has 0 aliphatic heterocycles.